The molecular weight excluding hydrogens is 254 g/mol. The SMILES string of the molecule is CC(C)C(CNc1cnc(C#N)cn1)N1CCOCC1. The highest BCUT2D eigenvalue weighted by Crippen LogP contribution is 2.14. The largest absolute Gasteiger partial charge is 0.379 e. The number of hydrogen-bond acceptors (Lipinski definition) is 6. The fraction of sp³-hybridized carbons (Fsp3) is 0.643. The van der Waals surface area contributed by atoms with Crippen molar-refractivity contribution in [1.29, 1.82) is 5.26 Å². The third-order valence-corrected chi connectivity index (χ3v) is 3.54. The predicted molar refractivity (Wildman–Crippen MR) is 76.3 cm³/mol. The molecule has 6 nitrogen and oxygen atoms in total. The van der Waals surface area contributed by atoms with E-state index >= 15 is 0 Å². The van der Waals surface area contributed by atoms with Crippen molar-refractivity contribution in [3.05, 3.63) is 18.1 Å². The zero-order chi connectivity index (χ0) is 14.4. The molecule has 0 amide bonds. The van der Waals surface area contributed by atoms with Crippen LogP contribution in [0, 0.1) is 17.2 Å². The average molecular weight is 275 g/mol. The highest BCUT2D eigenvalue weighted by Gasteiger charge is 2.23. The van der Waals surface area contributed by atoms with Crippen LogP contribution in [0.15, 0.2) is 12.4 Å². The van der Waals surface area contributed by atoms with E-state index in [2.05, 4.69) is 34.0 Å². The molecule has 2 heterocycles. The van der Waals surface area contributed by atoms with Gasteiger partial charge < -0.3 is 10.1 Å². The first kappa shape index (κ1) is 14.7. The zero-order valence-corrected chi connectivity index (χ0v) is 12.0. The quantitative estimate of drug-likeness (QED) is 0.868. The van der Waals surface area contributed by atoms with Crippen molar-refractivity contribution in [2.45, 2.75) is 19.9 Å². The molecule has 1 unspecified atom stereocenters. The Hall–Kier alpha value is -1.71. The van der Waals surface area contributed by atoms with Gasteiger partial charge in [0.1, 0.15) is 11.9 Å². The maximum Gasteiger partial charge on any atom is 0.158 e. The van der Waals surface area contributed by atoms with Crippen LogP contribution >= 0.6 is 0 Å². The summed E-state index contributed by atoms with van der Waals surface area (Å²) < 4.78 is 5.40. The maximum absolute atomic E-state index is 8.70. The fourth-order valence-corrected chi connectivity index (χ4v) is 2.38. The lowest BCUT2D eigenvalue weighted by Crippen LogP contribution is -2.49. The Balaban J connectivity index is 1.92. The first-order valence-electron chi connectivity index (χ1n) is 6.98. The third-order valence-electron chi connectivity index (χ3n) is 3.54. The molecule has 0 bridgehead atoms. The second-order valence-corrected chi connectivity index (χ2v) is 5.24. The number of nitrogens with one attached hydrogen (secondary N) is 1. The number of anilines is 1. The smallest absolute Gasteiger partial charge is 0.158 e. The first-order valence-corrected chi connectivity index (χ1v) is 6.98. The van der Waals surface area contributed by atoms with Gasteiger partial charge in [-0.25, -0.2) is 9.97 Å². The van der Waals surface area contributed by atoms with Gasteiger partial charge in [-0.2, -0.15) is 5.26 Å². The van der Waals surface area contributed by atoms with Gasteiger partial charge in [0.25, 0.3) is 0 Å². The van der Waals surface area contributed by atoms with Gasteiger partial charge >= 0.3 is 0 Å². The van der Waals surface area contributed by atoms with Gasteiger partial charge in [-0.1, -0.05) is 13.8 Å². The lowest BCUT2D eigenvalue weighted by molar-refractivity contribution is 0.00953. The lowest BCUT2D eigenvalue weighted by atomic mass is 10.0. The Morgan fingerprint density at radius 1 is 1.35 bits per heavy atom. The summed E-state index contributed by atoms with van der Waals surface area (Å²) in [6.07, 6.45) is 3.09. The maximum atomic E-state index is 8.70. The van der Waals surface area contributed by atoms with E-state index < -0.39 is 0 Å². The number of nitriles is 1. The minimum absolute atomic E-state index is 0.337. The molecule has 1 fully saturated rings. The molecule has 1 N–H and O–H groups in total. The number of morpholine rings is 1. The van der Waals surface area contributed by atoms with Crippen LogP contribution in [0.1, 0.15) is 19.5 Å². The van der Waals surface area contributed by atoms with Gasteiger partial charge in [0.15, 0.2) is 5.69 Å². The molecule has 6 heteroatoms. The molecule has 1 aliphatic rings. The van der Waals surface area contributed by atoms with Crippen molar-refractivity contribution in [1.82, 2.24) is 14.9 Å². The monoisotopic (exact) mass is 275 g/mol. The number of ether oxygens (including phenoxy) is 1. The van der Waals surface area contributed by atoms with Gasteiger partial charge in [0, 0.05) is 25.7 Å². The summed E-state index contributed by atoms with van der Waals surface area (Å²) in [5.41, 5.74) is 0.337. The van der Waals surface area contributed by atoms with Crippen molar-refractivity contribution in [2.75, 3.05) is 38.2 Å². The molecule has 0 radical (unpaired) electrons. The average Bonchev–Trinajstić information content (AvgIpc) is 2.49. The number of hydrogen-bond donors (Lipinski definition) is 1. The summed E-state index contributed by atoms with van der Waals surface area (Å²) in [5, 5.41) is 12.0. The minimum Gasteiger partial charge on any atom is -0.379 e. The summed E-state index contributed by atoms with van der Waals surface area (Å²) in [7, 11) is 0. The Morgan fingerprint density at radius 3 is 2.65 bits per heavy atom. The van der Waals surface area contributed by atoms with E-state index in [0.717, 1.165) is 32.8 Å². The number of nitrogens with zero attached hydrogens (tertiary/aromatic N) is 4. The number of rotatable bonds is 5. The van der Waals surface area contributed by atoms with Crippen molar-refractivity contribution >= 4 is 5.82 Å². The van der Waals surface area contributed by atoms with Crippen LogP contribution in [0.4, 0.5) is 5.82 Å². The van der Waals surface area contributed by atoms with Crippen LogP contribution < -0.4 is 5.32 Å². The molecule has 1 aromatic heterocycles. The normalized spacial score (nSPS) is 17.7. The van der Waals surface area contributed by atoms with Crippen molar-refractivity contribution in [3.63, 3.8) is 0 Å². The molecular formula is C14H21N5O. The summed E-state index contributed by atoms with van der Waals surface area (Å²) in [6, 6.07) is 2.41. The Kier molecular flexibility index (Phi) is 5.27. The van der Waals surface area contributed by atoms with E-state index in [1.807, 2.05) is 6.07 Å². The lowest BCUT2D eigenvalue weighted by Gasteiger charge is -2.37. The summed E-state index contributed by atoms with van der Waals surface area (Å²) in [4.78, 5) is 10.7. The van der Waals surface area contributed by atoms with E-state index in [1.165, 1.54) is 6.20 Å². The highest BCUT2D eigenvalue weighted by atomic mass is 16.5. The minimum atomic E-state index is 0.337. The molecule has 0 aromatic carbocycles. The molecule has 1 saturated heterocycles. The second kappa shape index (κ2) is 7.17. The molecule has 1 aromatic rings. The van der Waals surface area contributed by atoms with Crippen LogP contribution in [-0.4, -0.2) is 53.8 Å². The Bertz CT molecular complexity index is 448. The zero-order valence-electron chi connectivity index (χ0n) is 12.0. The molecule has 0 spiro atoms. The van der Waals surface area contributed by atoms with Crippen LogP contribution in [0.2, 0.25) is 0 Å². The van der Waals surface area contributed by atoms with E-state index in [9.17, 15) is 0 Å². The van der Waals surface area contributed by atoms with Crippen molar-refractivity contribution < 1.29 is 4.74 Å². The molecule has 108 valence electrons. The fourth-order valence-electron chi connectivity index (χ4n) is 2.38. The topological polar surface area (TPSA) is 74.1 Å². The van der Waals surface area contributed by atoms with Crippen molar-refractivity contribution in [2.24, 2.45) is 5.92 Å². The molecule has 0 aliphatic carbocycles. The van der Waals surface area contributed by atoms with E-state index in [0.29, 0.717) is 23.5 Å². The van der Waals surface area contributed by atoms with Crippen LogP contribution in [0.25, 0.3) is 0 Å². The summed E-state index contributed by atoms with van der Waals surface area (Å²) in [5.74, 6) is 1.26. The third kappa shape index (κ3) is 3.89. The van der Waals surface area contributed by atoms with Gasteiger partial charge in [-0.05, 0) is 5.92 Å². The van der Waals surface area contributed by atoms with E-state index in [-0.39, 0.29) is 0 Å². The second-order valence-electron chi connectivity index (χ2n) is 5.24. The van der Waals surface area contributed by atoms with Gasteiger partial charge in [0.05, 0.1) is 25.6 Å². The van der Waals surface area contributed by atoms with Crippen LogP contribution in [0.3, 0.4) is 0 Å². The number of aromatic nitrogens is 2. The highest BCUT2D eigenvalue weighted by molar-refractivity contribution is 5.33. The van der Waals surface area contributed by atoms with Gasteiger partial charge in [-0.3, -0.25) is 4.90 Å². The first-order chi connectivity index (χ1) is 9.70. The molecule has 0 saturated carbocycles. The summed E-state index contributed by atoms with van der Waals surface area (Å²) >= 11 is 0. The molecule has 2 rings (SSSR count). The van der Waals surface area contributed by atoms with Crippen LogP contribution in [-0.2, 0) is 4.74 Å². The van der Waals surface area contributed by atoms with E-state index in [4.69, 9.17) is 10.00 Å². The van der Waals surface area contributed by atoms with E-state index in [1.54, 1.807) is 6.20 Å². The Labute approximate surface area is 119 Å². The predicted octanol–water partition coefficient (Wildman–Crippen LogP) is 1.12. The van der Waals surface area contributed by atoms with Gasteiger partial charge in [0.2, 0.25) is 0 Å². The summed E-state index contributed by atoms with van der Waals surface area (Å²) in [6.45, 7) is 8.84. The Morgan fingerprint density at radius 2 is 2.10 bits per heavy atom. The van der Waals surface area contributed by atoms with Crippen LogP contribution in [0.5, 0.6) is 0 Å². The van der Waals surface area contributed by atoms with Crippen molar-refractivity contribution in [3.8, 4) is 6.07 Å². The van der Waals surface area contributed by atoms with Gasteiger partial charge in [-0.15, -0.1) is 0 Å². The molecule has 1 atom stereocenters. The molecule has 1 aliphatic heterocycles. The standard InChI is InChI=1S/C14H21N5O/c1-11(2)13(19-3-5-20-6-4-19)9-18-14-10-16-12(7-15)8-17-14/h8,10-11,13H,3-6,9H2,1-2H3,(H,17,18). The molecule has 20 heavy (non-hydrogen) atoms.